The minimum Gasteiger partial charge on any atom is -0.0772 e. The summed E-state index contributed by atoms with van der Waals surface area (Å²) >= 11 is 0. The fraction of sp³-hybridized carbons (Fsp3) is 0. The molecule has 0 bridgehead atoms. The van der Waals surface area contributed by atoms with Gasteiger partial charge in [-0.1, -0.05) is 185 Å². The van der Waals surface area contributed by atoms with Crippen LogP contribution in [0.2, 0.25) is 0 Å². The van der Waals surface area contributed by atoms with Crippen molar-refractivity contribution in [2.75, 3.05) is 0 Å². The molecule has 2 aromatic heterocycles. The minimum atomic E-state index is -0.600. The van der Waals surface area contributed by atoms with E-state index in [9.17, 15) is 0 Å². The summed E-state index contributed by atoms with van der Waals surface area (Å²) in [5.41, 5.74) is 5.09. The van der Waals surface area contributed by atoms with Gasteiger partial charge in [0.1, 0.15) is 0 Å². The predicted molar refractivity (Wildman–Crippen MR) is 248 cm³/mol. The molecular formula is C54H34P2. The van der Waals surface area contributed by atoms with Crippen LogP contribution in [0.25, 0.3) is 107 Å². The lowest BCUT2D eigenvalue weighted by molar-refractivity contribution is 1.71. The summed E-state index contributed by atoms with van der Waals surface area (Å²) < 4.78 is 0. The average molecular weight is 745 g/mol. The molecule has 0 N–H and O–H groups in total. The van der Waals surface area contributed by atoms with Gasteiger partial charge in [-0.3, -0.25) is 0 Å². The van der Waals surface area contributed by atoms with Gasteiger partial charge in [0.05, 0.1) is 0 Å². The van der Waals surface area contributed by atoms with E-state index in [0.717, 1.165) is 0 Å². The van der Waals surface area contributed by atoms with Crippen LogP contribution >= 0.6 is 15.1 Å². The van der Waals surface area contributed by atoms with Gasteiger partial charge >= 0.3 is 0 Å². The fourth-order valence-electron chi connectivity index (χ4n) is 9.45. The number of fused-ring (bicyclic) bond motifs is 11. The first-order chi connectivity index (χ1) is 27.8. The molecule has 2 heterocycles. The second-order valence-electron chi connectivity index (χ2n) is 14.9. The number of benzene rings is 10. The molecule has 0 radical (unpaired) electrons. The molecule has 0 saturated carbocycles. The number of hydrogen-bond acceptors (Lipinski definition) is 0. The lowest BCUT2D eigenvalue weighted by atomic mass is 9.87. The van der Waals surface area contributed by atoms with Crippen molar-refractivity contribution in [1.29, 1.82) is 0 Å². The normalized spacial score (nSPS) is 12.6. The maximum absolute atomic E-state index is 2.47. The highest BCUT2D eigenvalue weighted by Gasteiger charge is 2.19. The summed E-state index contributed by atoms with van der Waals surface area (Å²) in [4.78, 5) is 0. The van der Waals surface area contributed by atoms with Gasteiger partial charge in [-0.25, -0.2) is 0 Å². The third kappa shape index (κ3) is 4.74. The van der Waals surface area contributed by atoms with Crippen LogP contribution in [0.3, 0.4) is 0 Å². The van der Waals surface area contributed by atoms with E-state index >= 15 is 0 Å². The quantitative estimate of drug-likeness (QED) is 0.157. The molecule has 0 fully saturated rings. The summed E-state index contributed by atoms with van der Waals surface area (Å²) in [7, 11) is -1.20. The first-order valence-electron chi connectivity index (χ1n) is 19.4. The van der Waals surface area contributed by atoms with Crippen LogP contribution in [0.5, 0.6) is 0 Å². The van der Waals surface area contributed by atoms with E-state index in [-0.39, 0.29) is 0 Å². The molecule has 2 unspecified atom stereocenters. The third-order valence-corrected chi connectivity index (χ3v) is 17.0. The lowest BCUT2D eigenvalue weighted by Gasteiger charge is -2.16. The van der Waals surface area contributed by atoms with E-state index in [0.29, 0.717) is 0 Å². The molecule has 0 aliphatic carbocycles. The molecule has 0 spiro atoms. The van der Waals surface area contributed by atoms with Gasteiger partial charge in [0.2, 0.25) is 0 Å². The van der Waals surface area contributed by atoms with Crippen molar-refractivity contribution in [2.24, 2.45) is 0 Å². The van der Waals surface area contributed by atoms with Crippen molar-refractivity contribution in [2.45, 2.75) is 0 Å². The zero-order valence-corrected chi connectivity index (χ0v) is 32.3. The van der Waals surface area contributed by atoms with E-state index in [2.05, 4.69) is 206 Å². The highest BCUT2D eigenvalue weighted by Crippen LogP contribution is 2.57. The van der Waals surface area contributed by atoms with Crippen LogP contribution in [0.1, 0.15) is 0 Å². The standard InChI is InChI=1S/C54H34P2/c1-3-15-38(16-4-1)55-50-25-13-11-21-42(50)48-31-35(27-29-52(48)55)46-33-37-34-47(41-20-8-10-24-45(41)54(37)44-23-9-7-19-40(44)46)36-28-30-53-49(32-36)43-22-12-14-26-51(43)56(53)39-17-5-2-6-18-39/h1-34H. The Labute approximate surface area is 327 Å². The molecule has 0 saturated heterocycles. The highest BCUT2D eigenvalue weighted by molar-refractivity contribution is 7.68. The molecule has 0 aliphatic heterocycles. The molecule has 260 valence electrons. The van der Waals surface area contributed by atoms with Gasteiger partial charge in [0.15, 0.2) is 0 Å². The second-order valence-corrected chi connectivity index (χ2v) is 19.2. The lowest BCUT2D eigenvalue weighted by Crippen LogP contribution is -1.89. The van der Waals surface area contributed by atoms with Gasteiger partial charge in [0.25, 0.3) is 0 Å². The first kappa shape index (κ1) is 31.9. The number of hydrogen-bond donors (Lipinski definition) is 0. The summed E-state index contributed by atoms with van der Waals surface area (Å²) in [6.45, 7) is 0. The van der Waals surface area contributed by atoms with Crippen LogP contribution in [0, 0.1) is 0 Å². The average Bonchev–Trinajstić information content (AvgIpc) is 3.78. The molecule has 0 nitrogen and oxygen atoms in total. The van der Waals surface area contributed by atoms with Crippen molar-refractivity contribution < 1.29 is 0 Å². The Morgan fingerprint density at radius 3 is 1.05 bits per heavy atom. The molecule has 0 aliphatic rings. The maximum Gasteiger partial charge on any atom is 0.00687 e. The Bertz CT molecular complexity index is 3280. The molecule has 12 rings (SSSR count). The monoisotopic (exact) mass is 744 g/mol. The van der Waals surface area contributed by atoms with E-state index < -0.39 is 15.1 Å². The van der Waals surface area contributed by atoms with Gasteiger partial charge in [-0.05, 0) is 123 Å². The van der Waals surface area contributed by atoms with Gasteiger partial charge in [0, 0.05) is 20.5 Å². The Morgan fingerprint density at radius 1 is 0.250 bits per heavy atom. The van der Waals surface area contributed by atoms with E-state index in [1.54, 1.807) is 0 Å². The SMILES string of the molecule is c1ccc(-p2c3ccccc3c3cc(-c4cc5cc(-c6ccc7c(c6)c6ccccc6p7-c6ccccc6)c6ccccc6c5c5ccccc45)ccc32)cc1. The van der Waals surface area contributed by atoms with E-state index in [1.165, 1.54) is 107 Å². The van der Waals surface area contributed by atoms with Gasteiger partial charge in [-0.2, -0.15) is 0 Å². The van der Waals surface area contributed by atoms with Crippen LogP contribution < -0.4 is 0 Å². The smallest absolute Gasteiger partial charge is 0.00687 e. The highest BCUT2D eigenvalue weighted by atomic mass is 31.1. The Kier molecular flexibility index (Phi) is 7.15. The zero-order chi connectivity index (χ0) is 36.7. The van der Waals surface area contributed by atoms with Crippen molar-refractivity contribution in [3.05, 3.63) is 206 Å². The van der Waals surface area contributed by atoms with Crippen molar-refractivity contribution in [1.82, 2.24) is 0 Å². The maximum atomic E-state index is 2.47. The minimum absolute atomic E-state index is 0.600. The first-order valence-corrected chi connectivity index (χ1v) is 22.0. The molecule has 2 atom stereocenters. The molecule has 2 heteroatoms. The Morgan fingerprint density at radius 2 is 0.607 bits per heavy atom. The topological polar surface area (TPSA) is 0 Å². The van der Waals surface area contributed by atoms with E-state index in [4.69, 9.17) is 0 Å². The van der Waals surface area contributed by atoms with Crippen LogP contribution in [-0.2, 0) is 0 Å². The third-order valence-electron chi connectivity index (χ3n) is 11.9. The van der Waals surface area contributed by atoms with Crippen molar-refractivity contribution in [3.8, 4) is 32.9 Å². The summed E-state index contributed by atoms with van der Waals surface area (Å²) in [5, 5.41) is 21.8. The molecular weight excluding hydrogens is 711 g/mol. The van der Waals surface area contributed by atoms with Crippen molar-refractivity contribution in [3.63, 3.8) is 0 Å². The summed E-state index contributed by atoms with van der Waals surface area (Å²) in [6, 6.07) is 77.7. The van der Waals surface area contributed by atoms with Crippen LogP contribution in [0.4, 0.5) is 0 Å². The molecule has 0 amide bonds. The van der Waals surface area contributed by atoms with Crippen LogP contribution in [0.15, 0.2) is 206 Å². The van der Waals surface area contributed by atoms with Crippen molar-refractivity contribution >= 4 is 89.4 Å². The summed E-state index contributed by atoms with van der Waals surface area (Å²) in [6.07, 6.45) is 0. The molecule has 56 heavy (non-hydrogen) atoms. The zero-order valence-electron chi connectivity index (χ0n) is 30.5. The van der Waals surface area contributed by atoms with Gasteiger partial charge < -0.3 is 0 Å². The van der Waals surface area contributed by atoms with Crippen LogP contribution in [-0.4, -0.2) is 0 Å². The predicted octanol–water partition coefficient (Wildman–Crippen LogP) is 17.0. The number of rotatable bonds is 4. The molecule has 10 aromatic carbocycles. The van der Waals surface area contributed by atoms with E-state index in [1.807, 2.05) is 0 Å². The second kappa shape index (κ2) is 12.6. The Hall–Kier alpha value is -6.42. The largest absolute Gasteiger partial charge is 0.0772 e. The molecule has 12 aromatic rings. The van der Waals surface area contributed by atoms with Gasteiger partial charge in [-0.15, -0.1) is 0 Å². The summed E-state index contributed by atoms with van der Waals surface area (Å²) in [5.74, 6) is 0. The Balaban J connectivity index is 1.11. The fourth-order valence-corrected chi connectivity index (χ4v) is 14.7.